The lowest BCUT2D eigenvalue weighted by Gasteiger charge is -2.33. The number of ether oxygens (including phenoxy) is 1. The minimum atomic E-state index is -0.443. The van der Waals surface area contributed by atoms with Crippen LogP contribution >= 0.6 is 0 Å². The van der Waals surface area contributed by atoms with Gasteiger partial charge in [0.1, 0.15) is 11.9 Å². The smallest absolute Gasteiger partial charge is 0.251 e. The van der Waals surface area contributed by atoms with E-state index >= 15 is 0 Å². The molecule has 20 heavy (non-hydrogen) atoms. The van der Waals surface area contributed by atoms with E-state index in [-0.39, 0.29) is 5.91 Å². The summed E-state index contributed by atoms with van der Waals surface area (Å²) in [6, 6.07) is 5.92. The Balaban J connectivity index is 1.64. The van der Waals surface area contributed by atoms with Crippen molar-refractivity contribution in [2.45, 2.75) is 25.0 Å². The molecular formula is C14H16N4O2. The van der Waals surface area contributed by atoms with Crippen LogP contribution in [0.3, 0.4) is 0 Å². The van der Waals surface area contributed by atoms with Crippen LogP contribution in [0.2, 0.25) is 0 Å². The molecule has 2 aliphatic rings. The SMILES string of the molecule is N#Cc1ccc(N2CCOC(C(=O)NC3CC3)C2)nc1. The molecule has 1 aromatic rings. The molecule has 0 aromatic carbocycles. The average Bonchev–Trinajstić information content (AvgIpc) is 3.31. The molecule has 0 bridgehead atoms. The lowest BCUT2D eigenvalue weighted by Crippen LogP contribution is -2.50. The molecule has 0 radical (unpaired) electrons. The van der Waals surface area contributed by atoms with Crippen LogP contribution < -0.4 is 10.2 Å². The fourth-order valence-corrected chi connectivity index (χ4v) is 2.18. The van der Waals surface area contributed by atoms with Crippen molar-refractivity contribution in [2.24, 2.45) is 0 Å². The van der Waals surface area contributed by atoms with Crippen molar-refractivity contribution in [1.29, 1.82) is 5.26 Å². The summed E-state index contributed by atoms with van der Waals surface area (Å²) in [4.78, 5) is 18.3. The fraction of sp³-hybridized carbons (Fsp3) is 0.500. The van der Waals surface area contributed by atoms with Gasteiger partial charge in [-0.25, -0.2) is 4.98 Å². The first-order valence-corrected chi connectivity index (χ1v) is 6.79. The molecule has 104 valence electrons. The molecule has 2 fully saturated rings. The second-order valence-electron chi connectivity index (χ2n) is 5.11. The number of nitrogens with zero attached hydrogens (tertiary/aromatic N) is 3. The standard InChI is InChI=1S/C14H16N4O2/c15-7-10-1-4-13(16-8-10)18-5-6-20-12(9-18)14(19)17-11-2-3-11/h1,4,8,11-12H,2-3,5-6,9H2,(H,17,19). The number of hydrogen-bond acceptors (Lipinski definition) is 5. The maximum absolute atomic E-state index is 12.0. The Hall–Kier alpha value is -2.13. The average molecular weight is 272 g/mol. The van der Waals surface area contributed by atoms with E-state index in [1.54, 1.807) is 18.3 Å². The Kier molecular flexibility index (Phi) is 3.52. The Morgan fingerprint density at radius 1 is 1.50 bits per heavy atom. The van der Waals surface area contributed by atoms with Crippen LogP contribution in [0.25, 0.3) is 0 Å². The van der Waals surface area contributed by atoms with Gasteiger partial charge >= 0.3 is 0 Å². The van der Waals surface area contributed by atoms with Gasteiger partial charge in [0.05, 0.1) is 18.7 Å². The van der Waals surface area contributed by atoms with Crippen molar-refractivity contribution in [3.8, 4) is 6.07 Å². The van der Waals surface area contributed by atoms with Gasteiger partial charge in [-0.2, -0.15) is 5.26 Å². The van der Waals surface area contributed by atoms with E-state index in [1.165, 1.54) is 0 Å². The second-order valence-corrected chi connectivity index (χ2v) is 5.11. The molecule has 1 aliphatic carbocycles. The van der Waals surface area contributed by atoms with E-state index in [0.717, 1.165) is 18.7 Å². The van der Waals surface area contributed by atoms with Gasteiger partial charge in [0, 0.05) is 18.8 Å². The highest BCUT2D eigenvalue weighted by Crippen LogP contribution is 2.20. The maximum atomic E-state index is 12.0. The van der Waals surface area contributed by atoms with Crippen molar-refractivity contribution in [1.82, 2.24) is 10.3 Å². The zero-order chi connectivity index (χ0) is 13.9. The van der Waals surface area contributed by atoms with Gasteiger partial charge in [-0.05, 0) is 25.0 Å². The van der Waals surface area contributed by atoms with Gasteiger partial charge < -0.3 is 15.0 Å². The van der Waals surface area contributed by atoms with Crippen LogP contribution in [0.1, 0.15) is 18.4 Å². The predicted molar refractivity (Wildman–Crippen MR) is 72.1 cm³/mol. The van der Waals surface area contributed by atoms with Crippen molar-refractivity contribution in [3.63, 3.8) is 0 Å². The third-order valence-electron chi connectivity index (χ3n) is 3.48. The summed E-state index contributed by atoms with van der Waals surface area (Å²) in [5.74, 6) is 0.738. The number of hydrogen-bond donors (Lipinski definition) is 1. The van der Waals surface area contributed by atoms with Gasteiger partial charge in [0.25, 0.3) is 5.91 Å². The molecule has 1 aromatic heterocycles. The van der Waals surface area contributed by atoms with Gasteiger partial charge in [-0.3, -0.25) is 4.79 Å². The van der Waals surface area contributed by atoms with Gasteiger partial charge in [-0.1, -0.05) is 0 Å². The topological polar surface area (TPSA) is 78.2 Å². The Morgan fingerprint density at radius 3 is 3.00 bits per heavy atom. The molecule has 1 N–H and O–H groups in total. The highest BCUT2D eigenvalue weighted by molar-refractivity contribution is 5.82. The third-order valence-corrected chi connectivity index (χ3v) is 3.48. The Morgan fingerprint density at radius 2 is 2.35 bits per heavy atom. The molecule has 3 rings (SSSR count). The zero-order valence-corrected chi connectivity index (χ0v) is 11.1. The molecule has 6 nitrogen and oxygen atoms in total. The predicted octanol–water partition coefficient (Wildman–Crippen LogP) is 0.437. The van der Waals surface area contributed by atoms with Gasteiger partial charge in [0.15, 0.2) is 6.10 Å². The largest absolute Gasteiger partial charge is 0.365 e. The highest BCUT2D eigenvalue weighted by atomic mass is 16.5. The van der Waals surface area contributed by atoms with Gasteiger partial charge in [-0.15, -0.1) is 0 Å². The van der Waals surface area contributed by atoms with Gasteiger partial charge in [0.2, 0.25) is 0 Å². The molecule has 1 atom stereocenters. The molecule has 1 saturated heterocycles. The molecule has 0 spiro atoms. The van der Waals surface area contributed by atoms with E-state index in [0.29, 0.717) is 31.3 Å². The molecule has 1 aliphatic heterocycles. The number of morpholine rings is 1. The number of pyridine rings is 1. The zero-order valence-electron chi connectivity index (χ0n) is 11.1. The van der Waals surface area contributed by atoms with Crippen molar-refractivity contribution in [3.05, 3.63) is 23.9 Å². The number of rotatable bonds is 3. The van der Waals surface area contributed by atoms with Crippen molar-refractivity contribution < 1.29 is 9.53 Å². The molecule has 1 amide bonds. The van der Waals surface area contributed by atoms with E-state index in [2.05, 4.69) is 10.3 Å². The van der Waals surface area contributed by atoms with Crippen LogP contribution in [-0.2, 0) is 9.53 Å². The summed E-state index contributed by atoms with van der Waals surface area (Å²) < 4.78 is 5.53. The Labute approximate surface area is 117 Å². The summed E-state index contributed by atoms with van der Waals surface area (Å²) in [7, 11) is 0. The monoisotopic (exact) mass is 272 g/mol. The Bertz CT molecular complexity index is 533. The summed E-state index contributed by atoms with van der Waals surface area (Å²) in [5, 5.41) is 11.7. The number of nitrogens with one attached hydrogen (secondary N) is 1. The minimum absolute atomic E-state index is 0.0363. The molecule has 6 heteroatoms. The van der Waals surface area contributed by atoms with Crippen LogP contribution in [0.5, 0.6) is 0 Å². The number of aromatic nitrogens is 1. The molecule has 1 unspecified atom stereocenters. The summed E-state index contributed by atoms with van der Waals surface area (Å²) in [5.41, 5.74) is 0.532. The lowest BCUT2D eigenvalue weighted by atomic mass is 10.2. The second kappa shape index (κ2) is 5.47. The molecular weight excluding hydrogens is 256 g/mol. The van der Waals surface area contributed by atoms with Crippen molar-refractivity contribution >= 4 is 11.7 Å². The number of carbonyl (C=O) groups is 1. The fourth-order valence-electron chi connectivity index (χ4n) is 2.18. The van der Waals surface area contributed by atoms with E-state index in [1.807, 2.05) is 11.0 Å². The van der Waals surface area contributed by atoms with E-state index in [4.69, 9.17) is 10.00 Å². The first kappa shape index (κ1) is 12.9. The normalized spacial score (nSPS) is 22.1. The summed E-state index contributed by atoms with van der Waals surface area (Å²) >= 11 is 0. The first-order valence-electron chi connectivity index (χ1n) is 6.79. The van der Waals surface area contributed by atoms with Crippen LogP contribution in [0.4, 0.5) is 5.82 Å². The van der Waals surface area contributed by atoms with Crippen LogP contribution in [0, 0.1) is 11.3 Å². The van der Waals surface area contributed by atoms with Crippen molar-refractivity contribution in [2.75, 3.05) is 24.6 Å². The summed E-state index contributed by atoms with van der Waals surface area (Å²) in [6.07, 6.45) is 3.24. The van der Waals surface area contributed by atoms with Crippen LogP contribution in [-0.4, -0.2) is 42.7 Å². The highest BCUT2D eigenvalue weighted by Gasteiger charge is 2.31. The number of nitriles is 1. The molecule has 1 saturated carbocycles. The quantitative estimate of drug-likeness (QED) is 0.863. The summed E-state index contributed by atoms with van der Waals surface area (Å²) in [6.45, 7) is 1.70. The van der Waals surface area contributed by atoms with E-state index < -0.39 is 6.10 Å². The number of amides is 1. The molecule has 2 heterocycles. The first-order chi connectivity index (χ1) is 9.76. The third kappa shape index (κ3) is 2.89. The lowest BCUT2D eigenvalue weighted by molar-refractivity contribution is -0.133. The number of carbonyl (C=O) groups excluding carboxylic acids is 1. The van der Waals surface area contributed by atoms with E-state index in [9.17, 15) is 4.79 Å². The maximum Gasteiger partial charge on any atom is 0.251 e. The van der Waals surface area contributed by atoms with Crippen LogP contribution in [0.15, 0.2) is 18.3 Å². The minimum Gasteiger partial charge on any atom is -0.365 e. The number of anilines is 1.